The number of benzene rings is 3. The van der Waals surface area contributed by atoms with Crippen LogP contribution in [0.2, 0.25) is 0 Å². The van der Waals surface area contributed by atoms with E-state index < -0.39 is 0 Å². The Hall–Kier alpha value is -3.27. The number of hydrogen-bond donors (Lipinski definition) is 0. The minimum absolute atomic E-state index is 0.0679. The van der Waals surface area contributed by atoms with Gasteiger partial charge in [0.05, 0.1) is 26.0 Å². The van der Waals surface area contributed by atoms with E-state index in [4.69, 9.17) is 14.5 Å². The summed E-state index contributed by atoms with van der Waals surface area (Å²) in [6.07, 6.45) is -0.0679. The van der Waals surface area contributed by atoms with Crippen LogP contribution in [0.1, 0.15) is 24.2 Å². The first-order valence-corrected chi connectivity index (χ1v) is 9.40. The van der Waals surface area contributed by atoms with E-state index in [1.165, 1.54) is 5.56 Å². The average molecular weight is 372 g/mol. The summed E-state index contributed by atoms with van der Waals surface area (Å²) < 4.78 is 10.6. The minimum atomic E-state index is -0.0679. The Labute approximate surface area is 166 Å². The van der Waals surface area contributed by atoms with Crippen molar-refractivity contribution in [1.29, 1.82) is 0 Å². The molecule has 0 spiro atoms. The molecule has 0 fully saturated rings. The summed E-state index contributed by atoms with van der Waals surface area (Å²) in [7, 11) is 3.37. The Morgan fingerprint density at radius 2 is 1.32 bits per heavy atom. The van der Waals surface area contributed by atoms with Gasteiger partial charge in [0.25, 0.3) is 0 Å². The van der Waals surface area contributed by atoms with Crippen LogP contribution in [0, 0.1) is 0 Å². The quantitative estimate of drug-likeness (QED) is 0.625. The van der Waals surface area contributed by atoms with E-state index in [0.29, 0.717) is 0 Å². The van der Waals surface area contributed by atoms with E-state index in [1.54, 1.807) is 14.2 Å². The maximum absolute atomic E-state index is 5.32. The van der Waals surface area contributed by atoms with Crippen LogP contribution in [-0.2, 0) is 0 Å². The number of hydrogen-bond acceptors (Lipinski definition) is 4. The highest BCUT2D eigenvalue weighted by molar-refractivity contribution is 6.07. The van der Waals surface area contributed by atoms with Gasteiger partial charge in [-0.2, -0.15) is 0 Å². The normalized spacial score (nSPS) is 18.7. The molecule has 4 heteroatoms. The largest absolute Gasteiger partial charge is 0.497 e. The van der Waals surface area contributed by atoms with E-state index in [2.05, 4.69) is 60.4 Å². The number of aliphatic imine (C=N–C) groups is 1. The van der Waals surface area contributed by atoms with Gasteiger partial charge in [0.2, 0.25) is 0 Å². The van der Waals surface area contributed by atoms with Crippen LogP contribution in [0.25, 0.3) is 0 Å². The van der Waals surface area contributed by atoms with Gasteiger partial charge in [0, 0.05) is 5.69 Å². The number of ether oxygens (including phenoxy) is 2. The SMILES string of the molecule is COc1ccc(C2=NC(c3ccccc3)N(c3ccc(OC)cc3)C2C)cc1. The van der Waals surface area contributed by atoms with Crippen molar-refractivity contribution < 1.29 is 9.47 Å². The molecular formula is C24H24N2O2. The Morgan fingerprint density at radius 3 is 1.89 bits per heavy atom. The fraction of sp³-hybridized carbons (Fsp3) is 0.208. The summed E-state index contributed by atoms with van der Waals surface area (Å²) in [6, 6.07) is 26.9. The number of methoxy groups -OCH3 is 2. The van der Waals surface area contributed by atoms with Gasteiger partial charge in [0.1, 0.15) is 17.7 Å². The standard InChI is InChI=1S/C24H24N2O2/c1-17-23(18-9-13-21(27-2)14-10-18)25-24(19-7-5-4-6-8-19)26(17)20-11-15-22(28-3)16-12-20/h4-17,24H,1-3H3. The summed E-state index contributed by atoms with van der Waals surface area (Å²) in [5.41, 5.74) is 4.49. The molecule has 2 unspecified atom stereocenters. The molecule has 4 nitrogen and oxygen atoms in total. The lowest BCUT2D eigenvalue weighted by Gasteiger charge is -2.30. The molecule has 4 rings (SSSR count). The van der Waals surface area contributed by atoms with Crippen molar-refractivity contribution in [1.82, 2.24) is 0 Å². The monoisotopic (exact) mass is 372 g/mol. The lowest BCUT2D eigenvalue weighted by molar-refractivity contribution is 0.414. The van der Waals surface area contributed by atoms with Crippen molar-refractivity contribution in [3.63, 3.8) is 0 Å². The van der Waals surface area contributed by atoms with Gasteiger partial charge in [-0.25, -0.2) is 0 Å². The van der Waals surface area contributed by atoms with Crippen LogP contribution in [-0.4, -0.2) is 26.0 Å². The molecule has 1 heterocycles. The second-order valence-electron chi connectivity index (χ2n) is 6.81. The molecule has 0 amide bonds. The molecule has 0 saturated heterocycles. The predicted molar refractivity (Wildman–Crippen MR) is 114 cm³/mol. The highest BCUT2D eigenvalue weighted by Gasteiger charge is 2.35. The first kappa shape index (κ1) is 18.1. The summed E-state index contributed by atoms with van der Waals surface area (Å²) in [5, 5.41) is 0. The third kappa shape index (κ3) is 3.33. The summed E-state index contributed by atoms with van der Waals surface area (Å²) in [4.78, 5) is 7.49. The Balaban J connectivity index is 1.75. The van der Waals surface area contributed by atoms with Crippen LogP contribution in [0.5, 0.6) is 11.5 Å². The zero-order valence-corrected chi connectivity index (χ0v) is 16.4. The van der Waals surface area contributed by atoms with E-state index >= 15 is 0 Å². The molecule has 0 aliphatic carbocycles. The third-order valence-corrected chi connectivity index (χ3v) is 5.19. The molecule has 0 radical (unpaired) electrons. The Morgan fingerprint density at radius 1 is 0.750 bits per heavy atom. The summed E-state index contributed by atoms with van der Waals surface area (Å²) in [5.74, 6) is 1.70. The zero-order valence-electron chi connectivity index (χ0n) is 16.4. The van der Waals surface area contributed by atoms with Crippen molar-refractivity contribution in [2.45, 2.75) is 19.1 Å². The van der Waals surface area contributed by atoms with E-state index in [-0.39, 0.29) is 12.2 Å². The van der Waals surface area contributed by atoms with Gasteiger partial charge in [-0.3, -0.25) is 4.99 Å². The topological polar surface area (TPSA) is 34.1 Å². The maximum atomic E-state index is 5.32. The van der Waals surface area contributed by atoms with Gasteiger partial charge in [-0.15, -0.1) is 0 Å². The summed E-state index contributed by atoms with van der Waals surface area (Å²) in [6.45, 7) is 2.20. The Kier molecular flexibility index (Phi) is 5.02. The van der Waals surface area contributed by atoms with Crippen molar-refractivity contribution in [2.75, 3.05) is 19.1 Å². The molecule has 142 valence electrons. The van der Waals surface area contributed by atoms with E-state index in [9.17, 15) is 0 Å². The highest BCUT2D eigenvalue weighted by atomic mass is 16.5. The van der Waals surface area contributed by atoms with Gasteiger partial charge >= 0.3 is 0 Å². The van der Waals surface area contributed by atoms with Crippen molar-refractivity contribution in [3.8, 4) is 11.5 Å². The Bertz CT molecular complexity index is 950. The van der Waals surface area contributed by atoms with Crippen molar-refractivity contribution >= 4 is 11.4 Å². The molecule has 2 atom stereocenters. The van der Waals surface area contributed by atoms with Crippen LogP contribution in [0.15, 0.2) is 83.9 Å². The lowest BCUT2D eigenvalue weighted by Crippen LogP contribution is -2.35. The first-order chi connectivity index (χ1) is 13.7. The van der Waals surface area contributed by atoms with Crippen LogP contribution in [0.3, 0.4) is 0 Å². The zero-order chi connectivity index (χ0) is 19.5. The van der Waals surface area contributed by atoms with E-state index in [0.717, 1.165) is 28.5 Å². The minimum Gasteiger partial charge on any atom is -0.497 e. The molecule has 0 N–H and O–H groups in total. The molecule has 3 aromatic carbocycles. The number of anilines is 1. The van der Waals surface area contributed by atoms with Crippen LogP contribution in [0.4, 0.5) is 5.69 Å². The molecule has 0 aromatic heterocycles. The number of nitrogens with zero attached hydrogens (tertiary/aromatic N) is 2. The second-order valence-corrected chi connectivity index (χ2v) is 6.81. The molecule has 0 saturated carbocycles. The van der Waals surface area contributed by atoms with Gasteiger partial charge in [-0.05, 0) is 66.6 Å². The second kappa shape index (κ2) is 7.77. The van der Waals surface area contributed by atoms with Gasteiger partial charge in [-0.1, -0.05) is 30.3 Å². The molecule has 1 aliphatic rings. The molecule has 3 aromatic rings. The number of rotatable bonds is 5. The highest BCUT2D eigenvalue weighted by Crippen LogP contribution is 2.37. The smallest absolute Gasteiger partial charge is 0.148 e. The van der Waals surface area contributed by atoms with Crippen LogP contribution >= 0.6 is 0 Å². The summed E-state index contributed by atoms with van der Waals surface area (Å²) >= 11 is 0. The van der Waals surface area contributed by atoms with Crippen LogP contribution < -0.4 is 14.4 Å². The first-order valence-electron chi connectivity index (χ1n) is 9.40. The predicted octanol–water partition coefficient (Wildman–Crippen LogP) is 5.10. The molecule has 0 bridgehead atoms. The van der Waals surface area contributed by atoms with Gasteiger partial charge < -0.3 is 14.4 Å². The molecular weight excluding hydrogens is 348 g/mol. The molecule has 1 aliphatic heterocycles. The van der Waals surface area contributed by atoms with E-state index in [1.807, 2.05) is 30.3 Å². The molecule has 28 heavy (non-hydrogen) atoms. The third-order valence-electron chi connectivity index (χ3n) is 5.19. The van der Waals surface area contributed by atoms with Crippen molar-refractivity contribution in [3.05, 3.63) is 90.0 Å². The average Bonchev–Trinajstić information content (AvgIpc) is 3.11. The maximum Gasteiger partial charge on any atom is 0.148 e. The fourth-order valence-corrected chi connectivity index (χ4v) is 3.70. The van der Waals surface area contributed by atoms with Gasteiger partial charge in [0.15, 0.2) is 0 Å². The van der Waals surface area contributed by atoms with Crippen molar-refractivity contribution in [2.24, 2.45) is 4.99 Å². The lowest BCUT2D eigenvalue weighted by atomic mass is 10.0. The fourth-order valence-electron chi connectivity index (χ4n) is 3.70.